The zero-order valence-electron chi connectivity index (χ0n) is 22.7. The number of nitrogens with one attached hydrogen (secondary N) is 1. The van der Waals surface area contributed by atoms with Crippen LogP contribution in [0.25, 0.3) is 0 Å². The first-order valence-electron chi connectivity index (χ1n) is 12.4. The van der Waals surface area contributed by atoms with Gasteiger partial charge < -0.3 is 15.0 Å². The highest BCUT2D eigenvalue weighted by Crippen LogP contribution is 2.27. The molecule has 0 spiro atoms. The molecule has 3 rings (SSSR count). The molecule has 0 fully saturated rings. The smallest absolute Gasteiger partial charge is 0.264 e. The average molecular weight is 556 g/mol. The lowest BCUT2D eigenvalue weighted by Crippen LogP contribution is -2.54. The summed E-state index contributed by atoms with van der Waals surface area (Å²) in [6.45, 7) is 6.29. The largest absolute Gasteiger partial charge is 0.497 e. The van der Waals surface area contributed by atoms with Gasteiger partial charge in [-0.3, -0.25) is 13.9 Å². The van der Waals surface area contributed by atoms with E-state index in [1.807, 2.05) is 20.8 Å². The van der Waals surface area contributed by atoms with Crippen LogP contribution in [0.1, 0.15) is 33.3 Å². The minimum Gasteiger partial charge on any atom is -0.497 e. The van der Waals surface area contributed by atoms with Gasteiger partial charge in [-0.2, -0.15) is 0 Å². The molecule has 3 aromatic carbocycles. The maximum Gasteiger partial charge on any atom is 0.264 e. The quantitative estimate of drug-likeness (QED) is 0.401. The van der Waals surface area contributed by atoms with Gasteiger partial charge in [-0.15, -0.1) is 0 Å². The molecular weight excluding hydrogens is 521 g/mol. The number of halogens is 1. The summed E-state index contributed by atoms with van der Waals surface area (Å²) >= 11 is 0. The monoisotopic (exact) mass is 555 g/mol. The molecule has 0 heterocycles. The molecule has 10 heteroatoms. The minimum atomic E-state index is -4.34. The van der Waals surface area contributed by atoms with Crippen LogP contribution >= 0.6 is 0 Å². The predicted octanol–water partition coefficient (Wildman–Crippen LogP) is 4.36. The fraction of sp³-hybridized carbons (Fsp3) is 0.310. The van der Waals surface area contributed by atoms with Crippen LogP contribution < -0.4 is 14.4 Å². The van der Waals surface area contributed by atoms with Crippen molar-refractivity contribution in [2.75, 3.05) is 18.0 Å². The maximum atomic E-state index is 14.9. The maximum absolute atomic E-state index is 14.9. The molecule has 8 nitrogen and oxygen atoms in total. The van der Waals surface area contributed by atoms with Gasteiger partial charge in [0.1, 0.15) is 24.2 Å². The van der Waals surface area contributed by atoms with Crippen LogP contribution in [0.4, 0.5) is 10.1 Å². The summed E-state index contributed by atoms with van der Waals surface area (Å²) in [5, 5.41) is 2.86. The summed E-state index contributed by atoms with van der Waals surface area (Å²) in [4.78, 5) is 28.2. The van der Waals surface area contributed by atoms with E-state index in [2.05, 4.69) is 5.32 Å². The van der Waals surface area contributed by atoms with Crippen molar-refractivity contribution in [1.29, 1.82) is 0 Å². The topological polar surface area (TPSA) is 96.0 Å². The Bertz CT molecular complexity index is 1410. The third-order valence-corrected chi connectivity index (χ3v) is 7.66. The van der Waals surface area contributed by atoms with Crippen LogP contribution in [-0.4, -0.2) is 50.4 Å². The van der Waals surface area contributed by atoms with Crippen molar-refractivity contribution in [3.05, 3.63) is 90.2 Å². The van der Waals surface area contributed by atoms with E-state index in [1.54, 1.807) is 49.4 Å². The Morgan fingerprint density at radius 3 is 2.23 bits per heavy atom. The van der Waals surface area contributed by atoms with E-state index in [4.69, 9.17) is 4.74 Å². The summed E-state index contributed by atoms with van der Waals surface area (Å²) < 4.78 is 48.3. The van der Waals surface area contributed by atoms with Gasteiger partial charge in [-0.1, -0.05) is 42.5 Å². The first-order chi connectivity index (χ1) is 18.3. The number of carbonyl (C=O) groups is 2. The van der Waals surface area contributed by atoms with Gasteiger partial charge in [0.2, 0.25) is 11.8 Å². The van der Waals surface area contributed by atoms with Crippen molar-refractivity contribution in [1.82, 2.24) is 10.2 Å². The number of ether oxygens (including phenoxy) is 1. The zero-order valence-corrected chi connectivity index (χ0v) is 23.5. The number of anilines is 1. The number of amides is 2. The van der Waals surface area contributed by atoms with Crippen LogP contribution in [-0.2, 0) is 26.2 Å². The van der Waals surface area contributed by atoms with Gasteiger partial charge in [0.15, 0.2) is 0 Å². The van der Waals surface area contributed by atoms with E-state index < -0.39 is 45.8 Å². The van der Waals surface area contributed by atoms with E-state index in [1.165, 1.54) is 42.3 Å². The highest BCUT2D eigenvalue weighted by Gasteiger charge is 2.34. The number of hydrogen-bond acceptors (Lipinski definition) is 5. The second-order valence-corrected chi connectivity index (χ2v) is 11.9. The highest BCUT2D eigenvalue weighted by molar-refractivity contribution is 7.92. The molecule has 1 N–H and O–H groups in total. The molecule has 3 aromatic rings. The summed E-state index contributed by atoms with van der Waals surface area (Å²) in [6.07, 6.45) is 0. The van der Waals surface area contributed by atoms with Gasteiger partial charge in [0.05, 0.1) is 17.7 Å². The van der Waals surface area contributed by atoms with Gasteiger partial charge in [-0.25, -0.2) is 12.8 Å². The Morgan fingerprint density at radius 1 is 0.974 bits per heavy atom. The number of hydrogen-bond donors (Lipinski definition) is 1. The van der Waals surface area contributed by atoms with E-state index >= 15 is 0 Å². The molecule has 0 aliphatic rings. The lowest BCUT2D eigenvalue weighted by molar-refractivity contribution is -0.140. The van der Waals surface area contributed by atoms with Crippen molar-refractivity contribution in [2.45, 2.75) is 50.7 Å². The van der Waals surface area contributed by atoms with Gasteiger partial charge >= 0.3 is 0 Å². The number of nitrogens with zero attached hydrogens (tertiary/aromatic N) is 2. The van der Waals surface area contributed by atoms with E-state index in [0.29, 0.717) is 11.3 Å². The van der Waals surface area contributed by atoms with Crippen molar-refractivity contribution < 1.29 is 27.1 Å². The lowest BCUT2D eigenvalue weighted by Gasteiger charge is -2.33. The summed E-state index contributed by atoms with van der Waals surface area (Å²) in [5.41, 5.74) is -0.171. The number of sulfonamides is 1. The molecule has 0 saturated heterocycles. The molecule has 208 valence electrons. The van der Waals surface area contributed by atoms with Gasteiger partial charge in [0, 0.05) is 12.1 Å². The number of carbonyl (C=O) groups excluding carboxylic acids is 2. The predicted molar refractivity (Wildman–Crippen MR) is 148 cm³/mol. The molecule has 2 amide bonds. The molecule has 1 unspecified atom stereocenters. The first kappa shape index (κ1) is 29.6. The van der Waals surface area contributed by atoms with E-state index in [0.717, 1.165) is 10.4 Å². The Labute approximate surface area is 229 Å². The number of rotatable bonds is 10. The standard InChI is InChI=1S/C29H34FN3O5S/c1-21(28(35)31-29(2,3)4)32(19-22-12-11-13-23(18-22)38-5)27(34)20-33(26-17-10-9-16-25(26)30)39(36,37)24-14-7-6-8-15-24/h6-18,21H,19-20H2,1-5H3,(H,31,35). The molecule has 0 aliphatic carbocycles. The zero-order chi connectivity index (χ0) is 28.8. The van der Waals surface area contributed by atoms with Crippen molar-refractivity contribution >= 4 is 27.5 Å². The Balaban J connectivity index is 2.05. The van der Waals surface area contributed by atoms with Crippen LogP contribution in [0.5, 0.6) is 5.75 Å². The molecule has 0 radical (unpaired) electrons. The molecule has 1 atom stereocenters. The van der Waals surface area contributed by atoms with Gasteiger partial charge in [-0.05, 0) is 69.7 Å². The normalized spacial score (nSPS) is 12.4. The summed E-state index contributed by atoms with van der Waals surface area (Å²) in [7, 11) is -2.82. The first-order valence-corrected chi connectivity index (χ1v) is 13.8. The second-order valence-electron chi connectivity index (χ2n) is 10.1. The van der Waals surface area contributed by atoms with E-state index in [9.17, 15) is 22.4 Å². The lowest BCUT2D eigenvalue weighted by atomic mass is 10.1. The molecular formula is C29H34FN3O5S. The van der Waals surface area contributed by atoms with Crippen LogP contribution in [0, 0.1) is 5.82 Å². The number of benzene rings is 3. The fourth-order valence-corrected chi connectivity index (χ4v) is 5.35. The minimum absolute atomic E-state index is 0.00867. The van der Waals surface area contributed by atoms with Crippen LogP contribution in [0.15, 0.2) is 83.8 Å². The van der Waals surface area contributed by atoms with Gasteiger partial charge in [0.25, 0.3) is 10.0 Å². The fourth-order valence-electron chi connectivity index (χ4n) is 3.91. The average Bonchev–Trinajstić information content (AvgIpc) is 2.90. The highest BCUT2D eigenvalue weighted by atomic mass is 32.2. The molecule has 0 aromatic heterocycles. The third kappa shape index (κ3) is 7.57. The summed E-state index contributed by atoms with van der Waals surface area (Å²) in [5.74, 6) is -1.34. The van der Waals surface area contributed by atoms with Crippen LogP contribution in [0.2, 0.25) is 0 Å². The van der Waals surface area contributed by atoms with E-state index in [-0.39, 0.29) is 17.1 Å². The molecule has 39 heavy (non-hydrogen) atoms. The SMILES string of the molecule is COc1cccc(CN(C(=O)CN(c2ccccc2F)S(=O)(=O)c2ccccc2)C(C)C(=O)NC(C)(C)C)c1. The Kier molecular flexibility index (Phi) is 9.34. The van der Waals surface area contributed by atoms with Crippen LogP contribution in [0.3, 0.4) is 0 Å². The third-order valence-electron chi connectivity index (χ3n) is 5.88. The summed E-state index contributed by atoms with van der Waals surface area (Å²) in [6, 6.07) is 18.9. The Morgan fingerprint density at radius 2 is 1.62 bits per heavy atom. The Hall–Kier alpha value is -3.92. The number of para-hydroxylation sites is 1. The van der Waals surface area contributed by atoms with Crippen molar-refractivity contribution in [3.8, 4) is 5.75 Å². The van der Waals surface area contributed by atoms with Crippen molar-refractivity contribution in [3.63, 3.8) is 0 Å². The second kappa shape index (κ2) is 12.3. The molecule has 0 saturated carbocycles. The number of methoxy groups -OCH3 is 1. The van der Waals surface area contributed by atoms with Crippen molar-refractivity contribution in [2.24, 2.45) is 0 Å². The molecule has 0 bridgehead atoms. The molecule has 0 aliphatic heterocycles.